The molecule has 6 nitrogen and oxygen atoms in total. The maximum Gasteiger partial charge on any atom is 0.297 e. The summed E-state index contributed by atoms with van der Waals surface area (Å²) in [7, 11) is -3.95. The van der Waals surface area contributed by atoms with E-state index in [1.807, 2.05) is 6.92 Å². The van der Waals surface area contributed by atoms with E-state index in [1.165, 1.54) is 12.1 Å². The lowest BCUT2D eigenvalue weighted by Crippen LogP contribution is -2.46. The van der Waals surface area contributed by atoms with Gasteiger partial charge in [0.2, 0.25) is 0 Å². The van der Waals surface area contributed by atoms with Gasteiger partial charge in [0.25, 0.3) is 16.0 Å². The van der Waals surface area contributed by atoms with Crippen LogP contribution in [0, 0.1) is 6.92 Å². The molecule has 1 atom stereocenters. The highest BCUT2D eigenvalue weighted by Crippen LogP contribution is 2.18. The SMILES string of the molecule is CCC(OS(=O)(=O)c1ccc(C)cc1)C(=O)N1CCOCC1. The second kappa shape index (κ2) is 7.21. The van der Waals surface area contributed by atoms with Gasteiger partial charge in [0, 0.05) is 13.1 Å². The molecule has 1 aromatic rings. The lowest BCUT2D eigenvalue weighted by atomic mass is 10.2. The third-order valence-corrected chi connectivity index (χ3v) is 4.86. The number of carbonyl (C=O) groups is 1. The Morgan fingerprint density at radius 2 is 1.86 bits per heavy atom. The number of hydrogen-bond donors (Lipinski definition) is 0. The van der Waals surface area contributed by atoms with Crippen molar-refractivity contribution in [1.29, 1.82) is 0 Å². The molecule has 0 saturated carbocycles. The van der Waals surface area contributed by atoms with Crippen LogP contribution in [0.25, 0.3) is 0 Å². The van der Waals surface area contributed by atoms with Crippen molar-refractivity contribution in [2.24, 2.45) is 0 Å². The molecular formula is C15H21NO5S. The number of rotatable bonds is 5. The summed E-state index contributed by atoms with van der Waals surface area (Å²) in [6.07, 6.45) is -0.703. The summed E-state index contributed by atoms with van der Waals surface area (Å²) in [5, 5.41) is 0. The van der Waals surface area contributed by atoms with E-state index in [0.29, 0.717) is 32.7 Å². The van der Waals surface area contributed by atoms with Crippen LogP contribution in [0.2, 0.25) is 0 Å². The average Bonchev–Trinajstić information content (AvgIpc) is 2.53. The topological polar surface area (TPSA) is 72.9 Å². The van der Waals surface area contributed by atoms with Gasteiger partial charge in [-0.15, -0.1) is 0 Å². The standard InChI is InChI=1S/C15H21NO5S/c1-3-14(15(17)16-8-10-20-11-9-16)21-22(18,19)13-6-4-12(2)5-7-13/h4-7,14H,3,8-11H2,1-2H3. The third-order valence-electron chi connectivity index (χ3n) is 3.52. The molecule has 22 heavy (non-hydrogen) atoms. The van der Waals surface area contributed by atoms with Crippen LogP contribution in [0.4, 0.5) is 0 Å². The molecule has 1 aliphatic heterocycles. The van der Waals surface area contributed by atoms with Crippen molar-refractivity contribution in [3.05, 3.63) is 29.8 Å². The van der Waals surface area contributed by atoms with Crippen LogP contribution in [0.5, 0.6) is 0 Å². The van der Waals surface area contributed by atoms with Gasteiger partial charge in [0.15, 0.2) is 6.10 Å². The summed E-state index contributed by atoms with van der Waals surface area (Å²) >= 11 is 0. The zero-order chi connectivity index (χ0) is 16.2. The van der Waals surface area contributed by atoms with E-state index in [4.69, 9.17) is 8.92 Å². The zero-order valence-corrected chi connectivity index (χ0v) is 13.6. The molecule has 1 unspecified atom stereocenters. The minimum Gasteiger partial charge on any atom is -0.378 e. The summed E-state index contributed by atoms with van der Waals surface area (Å²) in [5.74, 6) is -0.304. The van der Waals surface area contributed by atoms with E-state index in [9.17, 15) is 13.2 Å². The van der Waals surface area contributed by atoms with E-state index >= 15 is 0 Å². The van der Waals surface area contributed by atoms with E-state index in [1.54, 1.807) is 24.0 Å². The first-order chi connectivity index (χ1) is 10.4. The lowest BCUT2D eigenvalue weighted by Gasteiger charge is -2.29. The van der Waals surface area contributed by atoms with Crippen molar-refractivity contribution in [3.63, 3.8) is 0 Å². The van der Waals surface area contributed by atoms with Gasteiger partial charge < -0.3 is 9.64 Å². The summed E-state index contributed by atoms with van der Waals surface area (Å²) in [6.45, 7) is 5.45. The number of hydrogen-bond acceptors (Lipinski definition) is 5. The molecule has 0 radical (unpaired) electrons. The Balaban J connectivity index is 2.11. The smallest absolute Gasteiger partial charge is 0.297 e. The first kappa shape index (κ1) is 16.9. The van der Waals surface area contributed by atoms with Crippen molar-refractivity contribution >= 4 is 16.0 Å². The van der Waals surface area contributed by atoms with Crippen LogP contribution < -0.4 is 0 Å². The quantitative estimate of drug-likeness (QED) is 0.763. The van der Waals surface area contributed by atoms with Gasteiger partial charge in [-0.1, -0.05) is 24.6 Å². The van der Waals surface area contributed by atoms with Crippen LogP contribution in [0.15, 0.2) is 29.2 Å². The number of amides is 1. The monoisotopic (exact) mass is 327 g/mol. The van der Waals surface area contributed by atoms with Gasteiger partial charge in [-0.25, -0.2) is 0 Å². The molecule has 0 aromatic heterocycles. The normalized spacial score (nSPS) is 17.3. The van der Waals surface area contributed by atoms with Gasteiger partial charge in [-0.2, -0.15) is 8.42 Å². The summed E-state index contributed by atoms with van der Waals surface area (Å²) < 4.78 is 34.9. The molecule has 0 N–H and O–H groups in total. The molecular weight excluding hydrogens is 306 g/mol. The Morgan fingerprint density at radius 1 is 1.27 bits per heavy atom. The molecule has 0 aliphatic carbocycles. The van der Waals surface area contributed by atoms with Crippen molar-refractivity contribution in [1.82, 2.24) is 4.90 Å². The number of nitrogens with zero attached hydrogens (tertiary/aromatic N) is 1. The summed E-state index contributed by atoms with van der Waals surface area (Å²) in [4.78, 5) is 14.0. The van der Waals surface area contributed by atoms with Crippen molar-refractivity contribution in [2.75, 3.05) is 26.3 Å². The van der Waals surface area contributed by atoms with Gasteiger partial charge >= 0.3 is 0 Å². The lowest BCUT2D eigenvalue weighted by molar-refractivity contribution is -0.142. The Hall–Kier alpha value is -1.44. The van der Waals surface area contributed by atoms with Crippen LogP contribution in [-0.2, 0) is 23.8 Å². The largest absolute Gasteiger partial charge is 0.378 e. The molecule has 1 aromatic carbocycles. The molecule has 1 heterocycles. The molecule has 1 fully saturated rings. The summed E-state index contributed by atoms with van der Waals surface area (Å²) in [6, 6.07) is 6.36. The van der Waals surface area contributed by atoms with Crippen molar-refractivity contribution in [2.45, 2.75) is 31.3 Å². The number of carbonyl (C=O) groups excluding carboxylic acids is 1. The van der Waals surface area contributed by atoms with E-state index in [0.717, 1.165) is 5.56 Å². The highest BCUT2D eigenvalue weighted by atomic mass is 32.2. The van der Waals surface area contributed by atoms with Crippen LogP contribution in [0.3, 0.4) is 0 Å². The molecule has 0 spiro atoms. The fourth-order valence-corrected chi connectivity index (χ4v) is 3.29. The maximum absolute atomic E-state index is 12.4. The van der Waals surface area contributed by atoms with E-state index in [2.05, 4.69) is 0 Å². The van der Waals surface area contributed by atoms with Crippen LogP contribution in [-0.4, -0.2) is 51.6 Å². The molecule has 7 heteroatoms. The number of morpholine rings is 1. The van der Waals surface area contributed by atoms with Crippen molar-refractivity contribution < 1.29 is 22.1 Å². The fraction of sp³-hybridized carbons (Fsp3) is 0.533. The second-order valence-electron chi connectivity index (χ2n) is 5.20. The van der Waals surface area contributed by atoms with Crippen molar-refractivity contribution in [3.8, 4) is 0 Å². The first-order valence-corrected chi connectivity index (χ1v) is 8.71. The van der Waals surface area contributed by atoms with Gasteiger partial charge in [-0.05, 0) is 25.5 Å². The summed E-state index contributed by atoms with van der Waals surface area (Å²) in [5.41, 5.74) is 0.954. The highest BCUT2D eigenvalue weighted by molar-refractivity contribution is 7.86. The number of ether oxygens (including phenoxy) is 1. The fourth-order valence-electron chi connectivity index (χ4n) is 2.18. The average molecular weight is 327 g/mol. The second-order valence-corrected chi connectivity index (χ2v) is 6.77. The molecule has 1 saturated heterocycles. The minimum atomic E-state index is -3.95. The Kier molecular flexibility index (Phi) is 5.55. The first-order valence-electron chi connectivity index (χ1n) is 7.30. The van der Waals surface area contributed by atoms with Gasteiger partial charge in [0.05, 0.1) is 18.1 Å². The third kappa shape index (κ3) is 4.06. The number of aryl methyl sites for hydroxylation is 1. The van der Waals surface area contributed by atoms with E-state index in [-0.39, 0.29) is 10.8 Å². The predicted octanol–water partition coefficient (Wildman–Crippen LogP) is 1.34. The minimum absolute atomic E-state index is 0.0614. The number of benzene rings is 1. The maximum atomic E-state index is 12.4. The Bertz CT molecular complexity index is 605. The highest BCUT2D eigenvalue weighted by Gasteiger charge is 2.30. The molecule has 122 valence electrons. The van der Waals surface area contributed by atoms with E-state index < -0.39 is 16.2 Å². The zero-order valence-electron chi connectivity index (χ0n) is 12.8. The van der Waals surface area contributed by atoms with Crippen LogP contribution in [0.1, 0.15) is 18.9 Å². The molecule has 0 bridgehead atoms. The Labute approximate surface area is 131 Å². The molecule has 1 aliphatic rings. The van der Waals surface area contributed by atoms with Gasteiger partial charge in [-0.3, -0.25) is 8.98 Å². The predicted molar refractivity (Wildman–Crippen MR) is 80.9 cm³/mol. The Morgan fingerprint density at radius 3 is 2.41 bits per heavy atom. The van der Waals surface area contributed by atoms with Crippen LogP contribution >= 0.6 is 0 Å². The molecule has 1 amide bonds. The molecule has 2 rings (SSSR count). The van der Waals surface area contributed by atoms with Gasteiger partial charge in [0.1, 0.15) is 0 Å².